The van der Waals surface area contributed by atoms with Crippen molar-refractivity contribution in [1.82, 2.24) is 19.5 Å². The van der Waals surface area contributed by atoms with Crippen LogP contribution in [-0.4, -0.2) is 48.0 Å². The Morgan fingerprint density at radius 2 is 2.07 bits per heavy atom. The van der Waals surface area contributed by atoms with Crippen molar-refractivity contribution in [2.75, 3.05) is 5.32 Å². The highest BCUT2D eigenvalue weighted by Gasteiger charge is 2.43. The zero-order chi connectivity index (χ0) is 19.1. The molecule has 0 aliphatic carbocycles. The van der Waals surface area contributed by atoms with E-state index in [1.165, 1.54) is 17.2 Å². The molecule has 0 unspecified atom stereocenters. The Kier molecular flexibility index (Phi) is 4.45. The Hall–Kier alpha value is -2.70. The summed E-state index contributed by atoms with van der Waals surface area (Å²) in [7, 11) is 0. The monoisotopic (exact) mass is 385 g/mol. The van der Waals surface area contributed by atoms with Gasteiger partial charge in [0.25, 0.3) is 0 Å². The van der Waals surface area contributed by atoms with Gasteiger partial charge in [0.2, 0.25) is 0 Å². The lowest BCUT2D eigenvalue weighted by atomic mass is 10.1. The molecule has 1 saturated heterocycles. The fraction of sp³-hybridized carbons (Fsp3) is 0.278. The number of aryl methyl sites for hydroxylation is 1. The maximum absolute atomic E-state index is 10.3. The summed E-state index contributed by atoms with van der Waals surface area (Å²) in [5.74, 6) is 2.79. The minimum absolute atomic E-state index is 0.432. The number of aliphatic hydroxyl groups is 2. The van der Waals surface area contributed by atoms with Crippen molar-refractivity contribution in [3.63, 3.8) is 0 Å². The Labute approximate surface area is 159 Å². The molecule has 4 atom stereocenters. The van der Waals surface area contributed by atoms with E-state index in [4.69, 9.17) is 22.8 Å². The second-order valence-electron chi connectivity index (χ2n) is 6.23. The van der Waals surface area contributed by atoms with E-state index in [9.17, 15) is 10.2 Å². The summed E-state index contributed by atoms with van der Waals surface area (Å²) >= 11 is 6.07. The quantitative estimate of drug-likeness (QED) is 0.590. The summed E-state index contributed by atoms with van der Waals surface area (Å²) in [6.07, 6.45) is 3.97. The third kappa shape index (κ3) is 3.01. The number of halogens is 1. The highest BCUT2D eigenvalue weighted by Crippen LogP contribution is 2.33. The van der Waals surface area contributed by atoms with Crippen molar-refractivity contribution in [2.45, 2.75) is 31.5 Å². The van der Waals surface area contributed by atoms with Crippen LogP contribution in [0.1, 0.15) is 11.8 Å². The van der Waals surface area contributed by atoms with Gasteiger partial charge in [-0.15, -0.1) is 6.42 Å². The predicted octanol–water partition coefficient (Wildman–Crippen LogP) is 1.78. The molecule has 3 N–H and O–H groups in total. The molecular formula is C18H16ClN5O3. The molecule has 27 heavy (non-hydrogen) atoms. The van der Waals surface area contributed by atoms with Crippen molar-refractivity contribution < 1.29 is 14.9 Å². The van der Waals surface area contributed by atoms with Gasteiger partial charge in [0.15, 0.2) is 23.2 Å². The first-order chi connectivity index (χ1) is 13.0. The molecule has 0 spiro atoms. The van der Waals surface area contributed by atoms with Crippen LogP contribution in [0.2, 0.25) is 5.02 Å². The van der Waals surface area contributed by atoms with E-state index in [-0.39, 0.29) is 0 Å². The molecule has 3 heterocycles. The van der Waals surface area contributed by atoms with Gasteiger partial charge in [-0.3, -0.25) is 4.57 Å². The van der Waals surface area contributed by atoms with E-state index in [2.05, 4.69) is 26.2 Å². The van der Waals surface area contributed by atoms with E-state index in [1.807, 2.05) is 13.0 Å². The van der Waals surface area contributed by atoms with Gasteiger partial charge < -0.3 is 20.3 Å². The van der Waals surface area contributed by atoms with Crippen LogP contribution in [0.25, 0.3) is 11.2 Å². The molecule has 1 aromatic carbocycles. The largest absolute Gasteiger partial charge is 0.386 e. The van der Waals surface area contributed by atoms with Crippen LogP contribution in [-0.2, 0) is 4.74 Å². The van der Waals surface area contributed by atoms with Gasteiger partial charge in [-0.1, -0.05) is 23.6 Å². The van der Waals surface area contributed by atoms with Gasteiger partial charge in [-0.25, -0.2) is 15.0 Å². The van der Waals surface area contributed by atoms with Gasteiger partial charge in [-0.05, 0) is 24.6 Å². The molecule has 0 saturated carbocycles. The van der Waals surface area contributed by atoms with Crippen LogP contribution in [0, 0.1) is 19.3 Å². The lowest BCUT2D eigenvalue weighted by molar-refractivity contribution is -0.0230. The molecular weight excluding hydrogens is 370 g/mol. The summed E-state index contributed by atoms with van der Waals surface area (Å²) < 4.78 is 7.10. The number of rotatable bonds is 3. The third-order valence-corrected chi connectivity index (χ3v) is 4.72. The summed E-state index contributed by atoms with van der Waals surface area (Å²) in [5.41, 5.74) is 2.68. The third-order valence-electron chi connectivity index (χ3n) is 4.49. The first kappa shape index (κ1) is 17.7. The second kappa shape index (κ2) is 6.79. The molecule has 1 fully saturated rings. The molecule has 1 aliphatic rings. The highest BCUT2D eigenvalue weighted by atomic mass is 35.5. The number of terminal acetylenes is 1. The van der Waals surface area contributed by atoms with E-state index in [0.29, 0.717) is 22.0 Å². The smallest absolute Gasteiger partial charge is 0.167 e. The standard InChI is InChI=1S/C18H16ClN5O3/c1-3-12-14(25)15(26)18(27-12)24-8-22-13-16(20-7-21-17(13)24)23-11-6-10(19)5-4-9(11)2/h1,4-8,12,14-15,18,25-26H,2H3,(H,20,21,23)/t12-,14-,15-,18-/m1/s1. The molecule has 2 aromatic heterocycles. The maximum atomic E-state index is 10.3. The van der Waals surface area contributed by atoms with E-state index >= 15 is 0 Å². The number of imidazole rings is 1. The Morgan fingerprint density at radius 1 is 1.26 bits per heavy atom. The molecule has 4 rings (SSSR count). The van der Waals surface area contributed by atoms with Crippen molar-refractivity contribution in [1.29, 1.82) is 0 Å². The molecule has 0 radical (unpaired) electrons. The Bertz CT molecular complexity index is 1050. The van der Waals surface area contributed by atoms with Crippen LogP contribution in [0.15, 0.2) is 30.9 Å². The minimum atomic E-state index is -1.20. The van der Waals surface area contributed by atoms with Crippen LogP contribution in [0.3, 0.4) is 0 Å². The summed E-state index contributed by atoms with van der Waals surface area (Å²) in [4.78, 5) is 12.8. The fourth-order valence-electron chi connectivity index (χ4n) is 3.01. The minimum Gasteiger partial charge on any atom is -0.386 e. The van der Waals surface area contributed by atoms with Crippen LogP contribution < -0.4 is 5.32 Å². The first-order valence-electron chi connectivity index (χ1n) is 8.18. The van der Waals surface area contributed by atoms with Crippen LogP contribution in [0.5, 0.6) is 0 Å². The number of aromatic nitrogens is 4. The van der Waals surface area contributed by atoms with E-state index in [0.717, 1.165) is 11.3 Å². The number of fused-ring (bicyclic) bond motifs is 1. The van der Waals surface area contributed by atoms with Crippen molar-refractivity contribution >= 4 is 34.3 Å². The lowest BCUT2D eigenvalue weighted by Gasteiger charge is -2.16. The molecule has 1 aliphatic heterocycles. The number of aliphatic hydroxyl groups excluding tert-OH is 2. The number of nitrogens with zero attached hydrogens (tertiary/aromatic N) is 4. The molecule has 0 amide bonds. The lowest BCUT2D eigenvalue weighted by Crippen LogP contribution is -2.30. The summed E-state index contributed by atoms with van der Waals surface area (Å²) in [6.45, 7) is 1.94. The van der Waals surface area contributed by atoms with Gasteiger partial charge in [-0.2, -0.15) is 0 Å². The second-order valence-corrected chi connectivity index (χ2v) is 6.66. The molecule has 3 aromatic rings. The summed E-state index contributed by atoms with van der Waals surface area (Å²) in [6, 6.07) is 5.49. The van der Waals surface area contributed by atoms with Gasteiger partial charge in [0, 0.05) is 10.7 Å². The van der Waals surface area contributed by atoms with E-state index in [1.54, 1.807) is 12.1 Å². The Morgan fingerprint density at radius 3 is 2.81 bits per heavy atom. The number of benzene rings is 1. The number of anilines is 2. The number of ether oxygens (including phenoxy) is 1. The van der Waals surface area contributed by atoms with Gasteiger partial charge in [0.05, 0.1) is 6.33 Å². The Balaban J connectivity index is 1.72. The average Bonchev–Trinajstić information content (AvgIpc) is 3.21. The summed E-state index contributed by atoms with van der Waals surface area (Å²) in [5, 5.41) is 24.1. The van der Waals surface area contributed by atoms with Gasteiger partial charge in [0.1, 0.15) is 24.6 Å². The number of hydrogen-bond acceptors (Lipinski definition) is 7. The molecule has 9 heteroatoms. The fourth-order valence-corrected chi connectivity index (χ4v) is 3.19. The van der Waals surface area contributed by atoms with Crippen LogP contribution >= 0.6 is 11.6 Å². The predicted molar refractivity (Wildman–Crippen MR) is 99.6 cm³/mol. The van der Waals surface area contributed by atoms with Crippen LogP contribution in [0.4, 0.5) is 11.5 Å². The molecule has 138 valence electrons. The van der Waals surface area contributed by atoms with Crippen molar-refractivity contribution in [3.8, 4) is 12.3 Å². The highest BCUT2D eigenvalue weighted by molar-refractivity contribution is 6.30. The number of nitrogens with one attached hydrogen (secondary N) is 1. The normalized spacial score (nSPS) is 24.9. The van der Waals surface area contributed by atoms with Crippen molar-refractivity contribution in [3.05, 3.63) is 41.4 Å². The maximum Gasteiger partial charge on any atom is 0.167 e. The average molecular weight is 386 g/mol. The zero-order valence-electron chi connectivity index (χ0n) is 14.2. The first-order valence-corrected chi connectivity index (χ1v) is 8.56. The number of hydrogen-bond donors (Lipinski definition) is 3. The zero-order valence-corrected chi connectivity index (χ0v) is 15.0. The molecule has 8 nitrogen and oxygen atoms in total. The topological polar surface area (TPSA) is 105 Å². The van der Waals surface area contributed by atoms with E-state index < -0.39 is 24.5 Å². The van der Waals surface area contributed by atoms with Gasteiger partial charge >= 0.3 is 0 Å². The molecule has 0 bridgehead atoms. The SMILES string of the molecule is C#C[C@H]1O[C@@H](n2cnc3c(Nc4cc(Cl)ccc4C)ncnc32)[C@H](O)[C@@H]1O. The van der Waals surface area contributed by atoms with Crippen molar-refractivity contribution in [2.24, 2.45) is 0 Å².